The second-order valence-electron chi connectivity index (χ2n) is 17.8. The normalized spacial score (nSPS) is 16.6. The first-order valence-corrected chi connectivity index (χ1v) is 25.0. The van der Waals surface area contributed by atoms with Crippen LogP contribution in [0.1, 0.15) is 60.9 Å². The summed E-state index contributed by atoms with van der Waals surface area (Å²) in [6, 6.07) is 61.6. The smallest absolute Gasteiger partial charge is 0.156 e. The molecule has 4 nitrogen and oxygen atoms in total. The molecule has 3 atom stereocenters. The molecule has 6 heteroatoms. The van der Waals surface area contributed by atoms with Gasteiger partial charge in [-0.2, -0.15) is 0 Å². The number of rotatable bonds is 8. The first-order valence-electron chi connectivity index (χ1n) is 23.3. The van der Waals surface area contributed by atoms with E-state index in [0.717, 1.165) is 63.1 Å². The number of aliphatic imine (C=N–C) groups is 2. The molecule has 1 aliphatic carbocycles. The van der Waals surface area contributed by atoms with Gasteiger partial charge >= 0.3 is 0 Å². The van der Waals surface area contributed by atoms with E-state index < -0.39 is 0 Å². The molecule has 0 bridgehead atoms. The molecule has 13 rings (SSSR count). The van der Waals surface area contributed by atoms with Crippen molar-refractivity contribution in [1.29, 1.82) is 0 Å². The maximum absolute atomic E-state index is 6.44. The van der Waals surface area contributed by atoms with E-state index in [1.165, 1.54) is 69.1 Å². The molecule has 11 aromatic rings. The fourth-order valence-corrected chi connectivity index (χ4v) is 13.1. The van der Waals surface area contributed by atoms with Crippen molar-refractivity contribution in [3.63, 3.8) is 0 Å². The van der Waals surface area contributed by atoms with Gasteiger partial charge in [-0.3, -0.25) is 4.99 Å². The quantitative estimate of drug-likeness (QED) is 0.113. The van der Waals surface area contributed by atoms with Gasteiger partial charge in [0.05, 0.1) is 17.1 Å². The molecule has 0 fully saturated rings. The molecule has 67 heavy (non-hydrogen) atoms. The van der Waals surface area contributed by atoms with E-state index in [0.29, 0.717) is 11.2 Å². The summed E-state index contributed by atoms with van der Waals surface area (Å²) in [6.07, 6.45) is 10.9. The first-order chi connectivity index (χ1) is 33.1. The molecule has 0 N–H and O–H groups in total. The van der Waals surface area contributed by atoms with Crippen molar-refractivity contribution in [2.24, 2.45) is 9.98 Å². The Morgan fingerprint density at radius 3 is 2.27 bits per heavy atom. The van der Waals surface area contributed by atoms with Crippen LogP contribution in [-0.4, -0.2) is 21.4 Å². The molecule has 2 aliphatic rings. The van der Waals surface area contributed by atoms with E-state index in [-0.39, 0.29) is 6.04 Å². The second-order valence-corrected chi connectivity index (χ2v) is 20.1. The summed E-state index contributed by atoms with van der Waals surface area (Å²) in [5, 5.41) is 7.55. The molecular weight excluding hydrogens is 855 g/mol. The van der Waals surface area contributed by atoms with E-state index in [1.807, 2.05) is 35.2 Å². The lowest BCUT2D eigenvalue weighted by atomic mass is 9.88. The molecule has 0 saturated heterocycles. The maximum atomic E-state index is 6.44. The fraction of sp³-hybridized carbons (Fsp3) is 0.115. The highest BCUT2D eigenvalue weighted by atomic mass is 32.2. The lowest BCUT2D eigenvalue weighted by Crippen LogP contribution is -2.12. The number of thiophene rings is 1. The van der Waals surface area contributed by atoms with Gasteiger partial charge in [0.15, 0.2) is 5.84 Å². The molecule has 8 aromatic carbocycles. The number of benzene rings is 8. The largest absolute Gasteiger partial charge is 0.456 e. The second kappa shape index (κ2) is 16.3. The molecule has 0 amide bonds. The van der Waals surface area contributed by atoms with Crippen molar-refractivity contribution < 1.29 is 4.42 Å². The molecule has 3 aromatic heterocycles. The highest BCUT2D eigenvalue weighted by Gasteiger charge is 2.33. The first kappa shape index (κ1) is 40.1. The number of allylic oxidation sites excluding steroid dienone is 3. The minimum Gasteiger partial charge on any atom is -0.456 e. The lowest BCUT2D eigenvalue weighted by Gasteiger charge is -2.18. The summed E-state index contributed by atoms with van der Waals surface area (Å²) in [5.41, 5.74) is 13.4. The highest BCUT2D eigenvalue weighted by Crippen LogP contribution is 2.50. The van der Waals surface area contributed by atoms with Crippen LogP contribution < -0.4 is 0 Å². The third-order valence-corrected chi connectivity index (χ3v) is 16.3. The average Bonchev–Trinajstić information content (AvgIpc) is 4.14. The van der Waals surface area contributed by atoms with Gasteiger partial charge in [-0.25, -0.2) is 4.99 Å². The van der Waals surface area contributed by atoms with Crippen molar-refractivity contribution in [1.82, 2.24) is 4.57 Å². The van der Waals surface area contributed by atoms with E-state index in [4.69, 9.17) is 14.4 Å². The Morgan fingerprint density at radius 1 is 0.627 bits per heavy atom. The van der Waals surface area contributed by atoms with Gasteiger partial charge in [0.25, 0.3) is 0 Å². The van der Waals surface area contributed by atoms with E-state index in [2.05, 4.69) is 200 Å². The Morgan fingerprint density at radius 2 is 1.37 bits per heavy atom. The van der Waals surface area contributed by atoms with Crippen LogP contribution in [0.15, 0.2) is 213 Å². The molecule has 1 aliphatic heterocycles. The Balaban J connectivity index is 0.991. The summed E-state index contributed by atoms with van der Waals surface area (Å²) < 4.78 is 11.3. The van der Waals surface area contributed by atoms with Crippen molar-refractivity contribution in [2.45, 2.75) is 48.8 Å². The zero-order chi connectivity index (χ0) is 44.6. The number of nitrogens with zero attached hydrogens (tertiary/aromatic N) is 3. The number of furan rings is 1. The number of hydrogen-bond donors (Lipinski definition) is 0. The van der Waals surface area contributed by atoms with Gasteiger partial charge in [-0.1, -0.05) is 141 Å². The van der Waals surface area contributed by atoms with E-state index in [1.54, 1.807) is 0 Å². The molecule has 0 saturated carbocycles. The predicted molar refractivity (Wildman–Crippen MR) is 286 cm³/mol. The number of amidine groups is 1. The molecule has 4 heterocycles. The van der Waals surface area contributed by atoms with Gasteiger partial charge in [-0.05, 0) is 102 Å². The summed E-state index contributed by atoms with van der Waals surface area (Å²) in [4.78, 5) is 12.8. The van der Waals surface area contributed by atoms with Crippen LogP contribution in [0.3, 0.4) is 0 Å². The molecule has 322 valence electrons. The number of thioether (sulfide) groups is 1. The zero-order valence-electron chi connectivity index (χ0n) is 37.2. The Hall–Kier alpha value is -7.25. The third-order valence-electron chi connectivity index (χ3n) is 13.8. The van der Waals surface area contributed by atoms with Crippen LogP contribution in [-0.2, 0) is 0 Å². The molecule has 0 radical (unpaired) electrons. The third kappa shape index (κ3) is 6.72. The van der Waals surface area contributed by atoms with Gasteiger partial charge < -0.3 is 8.98 Å². The molecular formula is C61H45N3OS2. The minimum atomic E-state index is -0.137. The average molecular weight is 900 g/mol. The summed E-state index contributed by atoms with van der Waals surface area (Å²) >= 11 is 3.80. The Bertz CT molecular complexity index is 3900. The molecule has 0 spiro atoms. The van der Waals surface area contributed by atoms with Crippen LogP contribution in [0.4, 0.5) is 0 Å². The highest BCUT2D eigenvalue weighted by molar-refractivity contribution is 8.00. The standard InChI is InChI=1S/C61H45N3OS2/c1-3-15-50(40-28-31-45-44-19-8-11-24-53(44)65-54(45)36-40)63-61(62-37(2)42-21-13-26-57-59(42)46-20-9-12-25-55(46)66-57)47-22-14-27-58-60(47)49-35-39(30-33-56(49)67-58)38-29-32-52-48(34-38)43-18-7-10-23-51(43)64(52)41-16-5-4-6-17-41/h4-14,16-36,46,50,55H,3,15H2,1-2H3. The number of aromatic nitrogens is 1. The van der Waals surface area contributed by atoms with Gasteiger partial charge in [0.1, 0.15) is 11.2 Å². The van der Waals surface area contributed by atoms with Gasteiger partial charge in [0, 0.05) is 80.3 Å². The molecule has 3 unspecified atom stereocenters. The lowest BCUT2D eigenvalue weighted by molar-refractivity contribution is 0.635. The van der Waals surface area contributed by atoms with Crippen molar-refractivity contribution in [3.8, 4) is 16.8 Å². The summed E-state index contributed by atoms with van der Waals surface area (Å²) in [6.45, 7) is 4.42. The van der Waals surface area contributed by atoms with Crippen LogP contribution in [0, 0.1) is 0 Å². The van der Waals surface area contributed by atoms with Gasteiger partial charge in [-0.15, -0.1) is 23.1 Å². The summed E-state index contributed by atoms with van der Waals surface area (Å²) in [7, 11) is 0. The van der Waals surface area contributed by atoms with Crippen LogP contribution in [0.2, 0.25) is 0 Å². The topological polar surface area (TPSA) is 42.8 Å². The predicted octanol–water partition coefficient (Wildman–Crippen LogP) is 17.2. The monoisotopic (exact) mass is 899 g/mol. The SMILES string of the molecule is CCCC(N=C(N=C(C)c1cccc2c1C1C=CC=CC1S2)c1cccc2sc3ccc(-c4ccc5c(c4)c4ccccc4n5-c4ccccc4)cc3c12)c1ccc2c(c1)oc1ccccc12. The number of hydrogen-bond acceptors (Lipinski definition) is 4. The van der Waals surface area contributed by atoms with E-state index >= 15 is 0 Å². The van der Waals surface area contributed by atoms with Crippen LogP contribution in [0.25, 0.3) is 80.7 Å². The summed E-state index contributed by atoms with van der Waals surface area (Å²) in [5.74, 6) is 1.07. The van der Waals surface area contributed by atoms with Crippen LogP contribution >= 0.6 is 23.1 Å². The fourth-order valence-electron chi connectivity index (χ4n) is 10.7. The van der Waals surface area contributed by atoms with Crippen molar-refractivity contribution >= 4 is 98.6 Å². The zero-order valence-corrected chi connectivity index (χ0v) is 38.8. The Kier molecular flexibility index (Phi) is 9.73. The maximum Gasteiger partial charge on any atom is 0.156 e. The number of fused-ring (bicyclic) bond motifs is 12. The number of para-hydroxylation sites is 3. The van der Waals surface area contributed by atoms with E-state index in [9.17, 15) is 0 Å². The van der Waals surface area contributed by atoms with Gasteiger partial charge in [0.2, 0.25) is 0 Å². The van der Waals surface area contributed by atoms with Crippen molar-refractivity contribution in [3.05, 3.63) is 216 Å². The Labute approximate surface area is 397 Å². The van der Waals surface area contributed by atoms with Crippen molar-refractivity contribution in [2.75, 3.05) is 0 Å². The van der Waals surface area contributed by atoms with Crippen LogP contribution in [0.5, 0.6) is 0 Å². The minimum absolute atomic E-state index is 0.137.